The maximum Gasteiger partial charge on any atom is 0.192 e. The molecular weight excluding hydrogens is 162 g/mol. The van der Waals surface area contributed by atoms with Gasteiger partial charge in [-0.3, -0.25) is 5.41 Å². The molecule has 0 aromatic heterocycles. The SMILES string of the molecule is C=C/C(=C\C=C/CC)N(C)C(=N)N. The molecule has 0 fully saturated rings. The zero-order chi connectivity index (χ0) is 10.3. The molecule has 0 saturated heterocycles. The number of hydrogen-bond donors (Lipinski definition) is 2. The van der Waals surface area contributed by atoms with Crippen molar-refractivity contribution in [3.63, 3.8) is 0 Å². The van der Waals surface area contributed by atoms with Crippen molar-refractivity contribution in [3.8, 4) is 0 Å². The van der Waals surface area contributed by atoms with Crippen LogP contribution in [-0.2, 0) is 0 Å². The van der Waals surface area contributed by atoms with E-state index in [1.807, 2.05) is 18.2 Å². The third kappa shape index (κ3) is 4.15. The lowest BCUT2D eigenvalue weighted by Crippen LogP contribution is -2.31. The Bertz CT molecular complexity index is 239. The van der Waals surface area contributed by atoms with Gasteiger partial charge in [-0.15, -0.1) is 0 Å². The van der Waals surface area contributed by atoms with Gasteiger partial charge in [-0.1, -0.05) is 25.7 Å². The Labute approximate surface area is 79.7 Å². The van der Waals surface area contributed by atoms with E-state index in [2.05, 4.69) is 13.5 Å². The molecule has 72 valence electrons. The van der Waals surface area contributed by atoms with Crippen molar-refractivity contribution in [1.29, 1.82) is 5.41 Å². The molecule has 3 N–H and O–H groups in total. The van der Waals surface area contributed by atoms with E-state index in [1.165, 1.54) is 0 Å². The van der Waals surface area contributed by atoms with Crippen molar-refractivity contribution in [2.45, 2.75) is 13.3 Å². The van der Waals surface area contributed by atoms with Gasteiger partial charge >= 0.3 is 0 Å². The summed E-state index contributed by atoms with van der Waals surface area (Å²) in [4.78, 5) is 1.56. The van der Waals surface area contributed by atoms with Crippen LogP contribution in [0.5, 0.6) is 0 Å². The molecule has 0 aliphatic rings. The number of likely N-dealkylation sites (N-methyl/N-ethyl adjacent to an activating group) is 1. The van der Waals surface area contributed by atoms with E-state index in [-0.39, 0.29) is 5.96 Å². The highest BCUT2D eigenvalue weighted by atomic mass is 15.2. The monoisotopic (exact) mass is 179 g/mol. The van der Waals surface area contributed by atoms with Gasteiger partial charge in [0.05, 0.1) is 0 Å². The quantitative estimate of drug-likeness (QED) is 0.393. The third-order valence-corrected chi connectivity index (χ3v) is 1.60. The van der Waals surface area contributed by atoms with Crippen molar-refractivity contribution in [1.82, 2.24) is 4.90 Å². The van der Waals surface area contributed by atoms with Crippen molar-refractivity contribution < 1.29 is 0 Å². The Balaban J connectivity index is 4.49. The fourth-order valence-electron chi connectivity index (χ4n) is 0.759. The molecule has 3 nitrogen and oxygen atoms in total. The molecule has 0 bridgehead atoms. The second-order valence-corrected chi connectivity index (χ2v) is 2.58. The van der Waals surface area contributed by atoms with E-state index in [1.54, 1.807) is 18.0 Å². The summed E-state index contributed by atoms with van der Waals surface area (Å²) in [5, 5.41) is 7.21. The molecule has 0 unspecified atom stereocenters. The van der Waals surface area contributed by atoms with Crippen LogP contribution in [-0.4, -0.2) is 17.9 Å². The number of nitrogens with one attached hydrogen (secondary N) is 1. The number of hydrogen-bond acceptors (Lipinski definition) is 1. The summed E-state index contributed by atoms with van der Waals surface area (Å²) in [6.07, 6.45) is 8.48. The summed E-state index contributed by atoms with van der Waals surface area (Å²) < 4.78 is 0. The maximum absolute atomic E-state index is 7.21. The average Bonchev–Trinajstić information content (AvgIpc) is 2.11. The van der Waals surface area contributed by atoms with E-state index < -0.39 is 0 Å². The molecular formula is C10H17N3. The van der Waals surface area contributed by atoms with Crippen LogP contribution in [0.15, 0.2) is 36.6 Å². The molecule has 0 aliphatic heterocycles. The summed E-state index contributed by atoms with van der Waals surface area (Å²) in [7, 11) is 1.73. The Morgan fingerprint density at radius 2 is 2.23 bits per heavy atom. The topological polar surface area (TPSA) is 53.1 Å². The first-order chi connectivity index (χ1) is 6.13. The zero-order valence-corrected chi connectivity index (χ0v) is 8.25. The summed E-state index contributed by atoms with van der Waals surface area (Å²) in [6.45, 7) is 5.71. The van der Waals surface area contributed by atoms with Crippen LogP contribution in [0.2, 0.25) is 0 Å². The molecule has 0 spiro atoms. The first-order valence-electron chi connectivity index (χ1n) is 4.20. The molecule has 0 heterocycles. The van der Waals surface area contributed by atoms with Gasteiger partial charge in [0.15, 0.2) is 5.96 Å². The number of rotatable bonds is 4. The molecule has 0 aromatic carbocycles. The van der Waals surface area contributed by atoms with Gasteiger partial charge in [0.25, 0.3) is 0 Å². The van der Waals surface area contributed by atoms with Crippen LogP contribution < -0.4 is 5.73 Å². The van der Waals surface area contributed by atoms with Gasteiger partial charge < -0.3 is 10.6 Å². The normalized spacial score (nSPS) is 11.7. The van der Waals surface area contributed by atoms with Crippen LogP contribution in [0.3, 0.4) is 0 Å². The minimum atomic E-state index is 0.0102. The van der Waals surface area contributed by atoms with Crippen molar-refractivity contribution in [2.24, 2.45) is 5.73 Å². The van der Waals surface area contributed by atoms with Gasteiger partial charge in [0.1, 0.15) is 0 Å². The van der Waals surface area contributed by atoms with E-state index >= 15 is 0 Å². The smallest absolute Gasteiger partial charge is 0.192 e. The van der Waals surface area contributed by atoms with Gasteiger partial charge in [0, 0.05) is 12.7 Å². The number of allylic oxidation sites excluding steroid dienone is 4. The summed E-state index contributed by atoms with van der Waals surface area (Å²) >= 11 is 0. The van der Waals surface area contributed by atoms with E-state index in [9.17, 15) is 0 Å². The Morgan fingerprint density at radius 1 is 1.62 bits per heavy atom. The predicted molar refractivity (Wildman–Crippen MR) is 57.4 cm³/mol. The molecule has 0 aliphatic carbocycles. The van der Waals surface area contributed by atoms with E-state index in [4.69, 9.17) is 11.1 Å². The Morgan fingerprint density at radius 3 is 2.62 bits per heavy atom. The van der Waals surface area contributed by atoms with Crippen LogP contribution in [0.1, 0.15) is 13.3 Å². The second-order valence-electron chi connectivity index (χ2n) is 2.58. The van der Waals surface area contributed by atoms with Crippen LogP contribution in [0.4, 0.5) is 0 Å². The van der Waals surface area contributed by atoms with Crippen LogP contribution in [0, 0.1) is 5.41 Å². The summed E-state index contributed by atoms with van der Waals surface area (Å²) in [6, 6.07) is 0. The van der Waals surface area contributed by atoms with Gasteiger partial charge in [-0.25, -0.2) is 0 Å². The predicted octanol–water partition coefficient (Wildman–Crippen LogP) is 1.85. The Hall–Kier alpha value is -1.51. The lowest BCUT2D eigenvalue weighted by atomic mass is 10.3. The van der Waals surface area contributed by atoms with Crippen molar-refractivity contribution in [2.75, 3.05) is 7.05 Å². The minimum absolute atomic E-state index is 0.0102. The summed E-state index contributed by atoms with van der Waals surface area (Å²) in [5.41, 5.74) is 6.13. The first-order valence-corrected chi connectivity index (χ1v) is 4.20. The molecule has 13 heavy (non-hydrogen) atoms. The summed E-state index contributed by atoms with van der Waals surface area (Å²) in [5.74, 6) is 0.0102. The fourth-order valence-corrected chi connectivity index (χ4v) is 0.759. The molecule has 0 amide bonds. The molecule has 0 aromatic rings. The average molecular weight is 179 g/mol. The van der Waals surface area contributed by atoms with Crippen molar-refractivity contribution in [3.05, 3.63) is 36.6 Å². The van der Waals surface area contributed by atoms with Gasteiger partial charge in [-0.05, 0) is 18.6 Å². The van der Waals surface area contributed by atoms with Crippen LogP contribution >= 0.6 is 0 Å². The van der Waals surface area contributed by atoms with Gasteiger partial charge in [0.2, 0.25) is 0 Å². The highest BCUT2D eigenvalue weighted by Crippen LogP contribution is 2.01. The second kappa shape index (κ2) is 6.06. The highest BCUT2D eigenvalue weighted by Gasteiger charge is 2.00. The molecule has 0 radical (unpaired) electrons. The lowest BCUT2D eigenvalue weighted by molar-refractivity contribution is 0.634. The molecule has 0 rings (SSSR count). The van der Waals surface area contributed by atoms with Gasteiger partial charge in [-0.2, -0.15) is 0 Å². The highest BCUT2D eigenvalue weighted by molar-refractivity contribution is 5.76. The minimum Gasteiger partial charge on any atom is -0.370 e. The standard InChI is InChI=1S/C10H17N3/c1-4-6-7-8-9(5-2)13(3)10(11)12/h5-8H,2,4H2,1,3H3,(H3,11,12)/b7-6-,9-8+. The third-order valence-electron chi connectivity index (χ3n) is 1.60. The van der Waals surface area contributed by atoms with Crippen LogP contribution in [0.25, 0.3) is 0 Å². The number of guanidine groups is 1. The van der Waals surface area contributed by atoms with Crippen molar-refractivity contribution >= 4 is 5.96 Å². The molecule has 0 atom stereocenters. The number of nitrogens with zero attached hydrogens (tertiary/aromatic N) is 1. The zero-order valence-electron chi connectivity index (χ0n) is 8.25. The largest absolute Gasteiger partial charge is 0.370 e. The number of nitrogens with two attached hydrogens (primary N) is 1. The fraction of sp³-hybridized carbons (Fsp3) is 0.300. The molecule has 3 heteroatoms. The molecule has 0 saturated carbocycles. The van der Waals surface area contributed by atoms with E-state index in [0.717, 1.165) is 12.1 Å². The first kappa shape index (κ1) is 11.5. The maximum atomic E-state index is 7.21. The Kier molecular flexibility index (Phi) is 5.35. The lowest BCUT2D eigenvalue weighted by Gasteiger charge is -2.16. The van der Waals surface area contributed by atoms with E-state index in [0.29, 0.717) is 0 Å².